The summed E-state index contributed by atoms with van der Waals surface area (Å²) in [7, 11) is -3.78. The Labute approximate surface area is 336 Å². The van der Waals surface area contributed by atoms with Gasteiger partial charge >= 0.3 is 7.82 Å². The molecule has 3 atom stereocenters. The molecule has 0 radical (unpaired) electrons. The van der Waals surface area contributed by atoms with Crippen LogP contribution in [0.1, 0.15) is 233 Å². The summed E-state index contributed by atoms with van der Waals surface area (Å²) in [5.74, 6) is 0.659. The summed E-state index contributed by atoms with van der Waals surface area (Å²) < 4.78 is 36.2. The van der Waals surface area contributed by atoms with Crippen LogP contribution in [-0.4, -0.2) is 45.0 Å². The van der Waals surface area contributed by atoms with Gasteiger partial charge in [-0.15, -0.1) is 6.58 Å². The second kappa shape index (κ2) is 41.9. The van der Waals surface area contributed by atoms with Crippen molar-refractivity contribution >= 4 is 13.7 Å². The minimum atomic E-state index is -3.78. The van der Waals surface area contributed by atoms with E-state index in [-0.39, 0.29) is 25.7 Å². The van der Waals surface area contributed by atoms with E-state index < -0.39 is 13.9 Å². The average molecular weight is 786 g/mol. The van der Waals surface area contributed by atoms with Crippen molar-refractivity contribution in [1.82, 2.24) is 5.32 Å². The van der Waals surface area contributed by atoms with Crippen LogP contribution in [0.4, 0.5) is 0 Å². The second-order valence-corrected chi connectivity index (χ2v) is 17.6. The van der Waals surface area contributed by atoms with Gasteiger partial charge in [-0.2, -0.15) is 0 Å². The first-order chi connectivity index (χ1) is 26.4. The van der Waals surface area contributed by atoms with E-state index in [0.29, 0.717) is 32.0 Å². The van der Waals surface area contributed by atoms with Crippen LogP contribution in [0.2, 0.25) is 0 Å². The Balaban J connectivity index is 4.89. The van der Waals surface area contributed by atoms with E-state index in [1.807, 2.05) is 6.92 Å². The Morgan fingerprint density at radius 3 is 1.43 bits per heavy atom. The van der Waals surface area contributed by atoms with Crippen molar-refractivity contribution in [2.75, 3.05) is 33.0 Å². The van der Waals surface area contributed by atoms with Gasteiger partial charge in [-0.05, 0) is 25.2 Å². The van der Waals surface area contributed by atoms with E-state index in [9.17, 15) is 9.36 Å². The first kappa shape index (κ1) is 53.3. The number of phosphoric acid groups is 1. The predicted octanol–water partition coefficient (Wildman–Crippen LogP) is 15.0. The Hall–Kier alpha value is -0.720. The molecule has 1 amide bonds. The van der Waals surface area contributed by atoms with E-state index in [4.69, 9.17) is 18.3 Å². The fourth-order valence-corrected chi connectivity index (χ4v) is 8.34. The van der Waals surface area contributed by atoms with E-state index >= 15 is 0 Å². The number of carbonyl (C=O) groups is 1. The fourth-order valence-electron chi connectivity index (χ4n) is 7.06. The molecular weight excluding hydrogens is 693 g/mol. The van der Waals surface area contributed by atoms with Gasteiger partial charge in [-0.1, -0.05) is 214 Å². The Kier molecular flexibility index (Phi) is 41.3. The van der Waals surface area contributed by atoms with E-state index in [2.05, 4.69) is 32.7 Å². The molecule has 0 aromatic carbocycles. The van der Waals surface area contributed by atoms with Crippen LogP contribution in [0.3, 0.4) is 0 Å². The fraction of sp³-hybridized carbons (Fsp3) is 0.935. The van der Waals surface area contributed by atoms with Gasteiger partial charge in [-0.3, -0.25) is 18.4 Å². The van der Waals surface area contributed by atoms with E-state index in [0.717, 1.165) is 19.3 Å². The van der Waals surface area contributed by atoms with Crippen molar-refractivity contribution in [3.05, 3.63) is 12.7 Å². The number of carbonyl (C=O) groups excluding carboxylic acids is 1. The predicted molar refractivity (Wildman–Crippen MR) is 232 cm³/mol. The first-order valence-electron chi connectivity index (χ1n) is 23.5. The molecule has 0 saturated carbocycles. The lowest BCUT2D eigenvalue weighted by Gasteiger charge is -2.23. The molecule has 0 aromatic rings. The van der Waals surface area contributed by atoms with Gasteiger partial charge in [0.05, 0.1) is 32.5 Å². The zero-order valence-corrected chi connectivity index (χ0v) is 37.4. The first-order valence-corrected chi connectivity index (χ1v) is 24.9. The van der Waals surface area contributed by atoms with Crippen LogP contribution >= 0.6 is 7.82 Å². The third kappa shape index (κ3) is 36.9. The number of phosphoric ester groups is 1. The summed E-state index contributed by atoms with van der Waals surface area (Å²) in [5, 5.41) is 3.11. The molecule has 0 aromatic heterocycles. The van der Waals surface area contributed by atoms with Gasteiger partial charge in [0, 0.05) is 13.0 Å². The number of nitrogens with one attached hydrogen (secondary N) is 1. The third-order valence-electron chi connectivity index (χ3n) is 10.5. The molecule has 0 aliphatic heterocycles. The van der Waals surface area contributed by atoms with Crippen LogP contribution in [0.5, 0.6) is 0 Å². The lowest BCUT2D eigenvalue weighted by atomic mass is 9.91. The number of amides is 1. The monoisotopic (exact) mass is 786 g/mol. The molecule has 0 aliphatic rings. The summed E-state index contributed by atoms with van der Waals surface area (Å²) in [6.07, 6.45) is 41.6. The summed E-state index contributed by atoms with van der Waals surface area (Å²) >= 11 is 0. The van der Waals surface area contributed by atoms with Crippen molar-refractivity contribution in [3.8, 4) is 0 Å². The largest absolute Gasteiger partial charge is 0.475 e. The molecule has 0 heterocycles. The molecule has 0 fully saturated rings. The van der Waals surface area contributed by atoms with Crippen LogP contribution in [0.15, 0.2) is 12.7 Å². The lowest BCUT2D eigenvalue weighted by Crippen LogP contribution is -2.41. The maximum atomic E-state index is 13.3. The number of rotatable bonds is 45. The van der Waals surface area contributed by atoms with Crippen molar-refractivity contribution < 1.29 is 27.7 Å². The Bertz CT molecular complexity index is 842. The van der Waals surface area contributed by atoms with Gasteiger partial charge < -0.3 is 10.1 Å². The van der Waals surface area contributed by atoms with Gasteiger partial charge in [0.1, 0.15) is 0 Å². The minimum absolute atomic E-state index is 0.00171. The Morgan fingerprint density at radius 1 is 0.537 bits per heavy atom. The van der Waals surface area contributed by atoms with Crippen molar-refractivity contribution in [2.45, 2.75) is 239 Å². The van der Waals surface area contributed by atoms with Crippen molar-refractivity contribution in [1.29, 1.82) is 0 Å². The van der Waals surface area contributed by atoms with Crippen LogP contribution in [0.25, 0.3) is 0 Å². The molecule has 0 rings (SSSR count). The molecule has 1 N–H and O–H groups in total. The SMILES string of the molecule is C=CCOP(=O)(OCCC)OC[C@@H](COCC[C@H](CCCCCCC)CCCCCCCCCCCCC)NC(=O)CCCCCCCCCCCCC. The molecule has 0 bridgehead atoms. The highest BCUT2D eigenvalue weighted by Crippen LogP contribution is 2.49. The molecule has 54 heavy (non-hydrogen) atoms. The maximum absolute atomic E-state index is 13.3. The lowest BCUT2D eigenvalue weighted by molar-refractivity contribution is -0.122. The number of hydrogen-bond acceptors (Lipinski definition) is 6. The zero-order valence-electron chi connectivity index (χ0n) is 36.5. The van der Waals surface area contributed by atoms with Gasteiger partial charge in [0.15, 0.2) is 0 Å². The number of unbranched alkanes of at least 4 members (excludes halogenated alkanes) is 24. The Morgan fingerprint density at radius 2 is 0.981 bits per heavy atom. The minimum Gasteiger partial charge on any atom is -0.379 e. The highest BCUT2D eigenvalue weighted by atomic mass is 31.2. The van der Waals surface area contributed by atoms with Gasteiger partial charge in [-0.25, -0.2) is 4.57 Å². The normalized spacial score (nSPS) is 13.9. The number of ether oxygens (including phenoxy) is 1. The van der Waals surface area contributed by atoms with Gasteiger partial charge in [0.2, 0.25) is 5.91 Å². The molecular formula is C46H92NO6P. The maximum Gasteiger partial charge on any atom is 0.475 e. The zero-order chi connectivity index (χ0) is 39.6. The number of hydrogen-bond donors (Lipinski definition) is 1. The molecule has 0 saturated heterocycles. The molecule has 7 nitrogen and oxygen atoms in total. The summed E-state index contributed by atoms with van der Waals surface area (Å²) in [6, 6.07) is -0.435. The topological polar surface area (TPSA) is 83.1 Å². The molecule has 322 valence electrons. The van der Waals surface area contributed by atoms with Crippen LogP contribution < -0.4 is 5.32 Å². The smallest absolute Gasteiger partial charge is 0.379 e. The molecule has 1 unspecified atom stereocenters. The standard InChI is InChI=1S/C46H92NO6P/c1-6-11-14-17-19-21-23-25-27-30-33-36-44(35-32-29-16-13-8-3)38-41-50-42-45(43-53-54(49,51-39-9-4)52-40-10-5)47-46(48)37-34-31-28-26-24-22-20-18-15-12-7-2/h9,44-45H,4,6-8,10-43H2,1-3,5H3,(H,47,48)/t44-,45-,54?/m1/s1. The molecule has 8 heteroatoms. The molecule has 0 spiro atoms. The summed E-state index contributed by atoms with van der Waals surface area (Å²) in [5.41, 5.74) is 0. The van der Waals surface area contributed by atoms with Crippen molar-refractivity contribution in [3.63, 3.8) is 0 Å². The van der Waals surface area contributed by atoms with E-state index in [1.165, 1.54) is 179 Å². The highest BCUT2D eigenvalue weighted by Gasteiger charge is 2.28. The van der Waals surface area contributed by atoms with Crippen LogP contribution in [0, 0.1) is 5.92 Å². The summed E-state index contributed by atoms with van der Waals surface area (Å²) in [6.45, 7) is 13.7. The van der Waals surface area contributed by atoms with Crippen molar-refractivity contribution in [2.24, 2.45) is 5.92 Å². The molecule has 0 aliphatic carbocycles. The average Bonchev–Trinajstić information content (AvgIpc) is 3.17. The second-order valence-electron chi connectivity index (χ2n) is 16.0. The van der Waals surface area contributed by atoms with E-state index in [1.54, 1.807) is 0 Å². The highest BCUT2D eigenvalue weighted by molar-refractivity contribution is 7.48. The quantitative estimate of drug-likeness (QED) is 0.0376. The van der Waals surface area contributed by atoms with Crippen LogP contribution in [-0.2, 0) is 27.7 Å². The van der Waals surface area contributed by atoms with Gasteiger partial charge in [0.25, 0.3) is 0 Å². The third-order valence-corrected chi connectivity index (χ3v) is 12.0. The summed E-state index contributed by atoms with van der Waals surface area (Å²) in [4.78, 5) is 13.0.